The molecule has 0 fully saturated rings. The molecule has 2 aromatic carbocycles. The lowest BCUT2D eigenvalue weighted by Gasteiger charge is -2.13. The summed E-state index contributed by atoms with van der Waals surface area (Å²) < 4.78 is 11.0. The molecule has 0 spiro atoms. The van der Waals surface area contributed by atoms with Gasteiger partial charge < -0.3 is 14.5 Å². The van der Waals surface area contributed by atoms with E-state index in [1.165, 1.54) is 17.3 Å². The van der Waals surface area contributed by atoms with Crippen molar-refractivity contribution in [2.24, 2.45) is 0 Å². The van der Waals surface area contributed by atoms with Gasteiger partial charge in [-0.2, -0.15) is 0 Å². The lowest BCUT2D eigenvalue weighted by Crippen LogP contribution is -2.15. The van der Waals surface area contributed by atoms with Crippen LogP contribution < -0.4 is 10.1 Å². The molecule has 0 unspecified atom stereocenters. The van der Waals surface area contributed by atoms with Crippen molar-refractivity contribution in [3.05, 3.63) is 65.0 Å². The van der Waals surface area contributed by atoms with Crippen molar-refractivity contribution in [1.29, 1.82) is 0 Å². The number of hydrogen-bond donors (Lipinski definition) is 1. The van der Waals surface area contributed by atoms with Crippen LogP contribution in [0.25, 0.3) is 0 Å². The predicted molar refractivity (Wildman–Crippen MR) is 124 cm³/mol. The monoisotopic (exact) mass is 439 g/mol. The molecule has 0 aliphatic heterocycles. The number of nitrogens with zero attached hydrogens (tertiary/aromatic N) is 2. The van der Waals surface area contributed by atoms with E-state index in [0.717, 1.165) is 35.4 Å². The average Bonchev–Trinajstić information content (AvgIpc) is 3.20. The molecular weight excluding hydrogens is 410 g/mol. The molecule has 164 valence electrons. The van der Waals surface area contributed by atoms with Gasteiger partial charge in [0.2, 0.25) is 11.8 Å². The Hall–Kier alpha value is -2.80. The highest BCUT2D eigenvalue weighted by atomic mass is 32.2. The van der Waals surface area contributed by atoms with Crippen LogP contribution in [0.5, 0.6) is 5.75 Å². The van der Waals surface area contributed by atoms with Crippen molar-refractivity contribution in [1.82, 2.24) is 10.2 Å². The Morgan fingerprint density at radius 2 is 1.97 bits per heavy atom. The van der Waals surface area contributed by atoms with E-state index in [0.29, 0.717) is 23.5 Å². The lowest BCUT2D eigenvalue weighted by molar-refractivity contribution is -0.113. The quantitative estimate of drug-likeness (QED) is 0.425. The summed E-state index contributed by atoms with van der Waals surface area (Å²) in [5.74, 6) is 1.97. The first-order valence-electron chi connectivity index (χ1n) is 10.4. The van der Waals surface area contributed by atoms with Crippen molar-refractivity contribution < 1.29 is 13.9 Å². The molecule has 3 rings (SSSR count). The van der Waals surface area contributed by atoms with E-state index in [1.54, 1.807) is 7.11 Å². The van der Waals surface area contributed by atoms with Gasteiger partial charge in [-0.05, 0) is 54.5 Å². The molecule has 1 heterocycles. The van der Waals surface area contributed by atoms with E-state index >= 15 is 0 Å². The van der Waals surface area contributed by atoms with E-state index in [4.69, 9.17) is 9.15 Å². The second-order valence-corrected chi connectivity index (χ2v) is 8.62. The van der Waals surface area contributed by atoms with Gasteiger partial charge >= 0.3 is 0 Å². The number of rotatable bonds is 10. The van der Waals surface area contributed by atoms with Gasteiger partial charge in [-0.25, -0.2) is 0 Å². The van der Waals surface area contributed by atoms with Gasteiger partial charge in [-0.3, -0.25) is 4.79 Å². The summed E-state index contributed by atoms with van der Waals surface area (Å²) in [6.45, 7) is 6.26. The van der Waals surface area contributed by atoms with Gasteiger partial charge in [0, 0.05) is 12.1 Å². The molecular formula is C24H29N3O3S. The molecule has 1 aromatic heterocycles. The Balaban J connectivity index is 1.45. The van der Waals surface area contributed by atoms with Gasteiger partial charge in [0.15, 0.2) is 0 Å². The van der Waals surface area contributed by atoms with Gasteiger partial charge in [0.05, 0.1) is 12.9 Å². The highest BCUT2D eigenvalue weighted by Gasteiger charge is 2.12. The Bertz CT molecular complexity index is 1020. The van der Waals surface area contributed by atoms with E-state index in [2.05, 4.69) is 41.5 Å². The zero-order valence-electron chi connectivity index (χ0n) is 18.5. The molecule has 1 amide bonds. The average molecular weight is 440 g/mol. The number of thioether (sulfide) groups is 1. The van der Waals surface area contributed by atoms with Gasteiger partial charge in [0.25, 0.3) is 5.22 Å². The molecule has 1 N–H and O–H groups in total. The van der Waals surface area contributed by atoms with Crippen LogP contribution in [-0.4, -0.2) is 29.0 Å². The number of amides is 1. The van der Waals surface area contributed by atoms with Crippen molar-refractivity contribution in [3.8, 4) is 5.75 Å². The summed E-state index contributed by atoms with van der Waals surface area (Å²) >= 11 is 1.25. The number of aromatic nitrogens is 2. The van der Waals surface area contributed by atoms with Crippen LogP contribution in [0.1, 0.15) is 48.8 Å². The second-order valence-electron chi connectivity index (χ2n) is 7.70. The summed E-state index contributed by atoms with van der Waals surface area (Å²) in [7, 11) is 1.68. The standard InChI is InChI=1S/C24H29N3O3S/c1-16(2)19-9-5-6-10-20(19)25-22(28)15-31-24-27-26-23(30-24)11-7-8-18-12-13-21(29-4)17(3)14-18/h5-6,9-10,12-14,16H,7-8,11,15H2,1-4H3,(H,25,28). The molecule has 0 atom stereocenters. The summed E-state index contributed by atoms with van der Waals surface area (Å²) in [6.07, 6.45) is 2.53. The summed E-state index contributed by atoms with van der Waals surface area (Å²) in [5.41, 5.74) is 4.35. The number of methoxy groups -OCH3 is 1. The fraction of sp³-hybridized carbons (Fsp3) is 0.375. The van der Waals surface area contributed by atoms with Gasteiger partial charge in [-0.15, -0.1) is 10.2 Å². The normalized spacial score (nSPS) is 11.0. The molecule has 31 heavy (non-hydrogen) atoms. The van der Waals surface area contributed by atoms with Crippen LogP contribution in [0, 0.1) is 6.92 Å². The second kappa shape index (κ2) is 11.0. The van der Waals surface area contributed by atoms with Crippen LogP contribution in [-0.2, 0) is 17.6 Å². The number of nitrogens with one attached hydrogen (secondary N) is 1. The van der Waals surface area contributed by atoms with E-state index in [-0.39, 0.29) is 11.7 Å². The van der Waals surface area contributed by atoms with Crippen molar-refractivity contribution in [2.75, 3.05) is 18.2 Å². The highest BCUT2D eigenvalue weighted by molar-refractivity contribution is 7.99. The summed E-state index contributed by atoms with van der Waals surface area (Å²) in [5, 5.41) is 11.6. The third kappa shape index (κ3) is 6.59. The van der Waals surface area contributed by atoms with Crippen LogP contribution in [0.3, 0.4) is 0 Å². The molecule has 0 aliphatic carbocycles. The Morgan fingerprint density at radius 1 is 1.16 bits per heavy atom. The fourth-order valence-corrected chi connectivity index (χ4v) is 3.95. The first-order valence-corrected chi connectivity index (χ1v) is 11.4. The zero-order chi connectivity index (χ0) is 22.2. The fourth-order valence-electron chi connectivity index (χ4n) is 3.37. The van der Waals surface area contributed by atoms with Crippen LogP contribution in [0.4, 0.5) is 5.69 Å². The molecule has 0 saturated carbocycles. The van der Waals surface area contributed by atoms with Crippen LogP contribution in [0.15, 0.2) is 52.1 Å². The molecule has 3 aromatic rings. The van der Waals surface area contributed by atoms with Gasteiger partial charge in [-0.1, -0.05) is 55.9 Å². The third-order valence-corrected chi connectivity index (χ3v) is 5.77. The number of carbonyl (C=O) groups excluding carboxylic acids is 1. The number of carbonyl (C=O) groups is 1. The van der Waals surface area contributed by atoms with E-state index in [1.807, 2.05) is 37.3 Å². The van der Waals surface area contributed by atoms with Crippen molar-refractivity contribution in [2.45, 2.75) is 51.2 Å². The topological polar surface area (TPSA) is 77.2 Å². The Labute approximate surface area is 187 Å². The molecule has 0 saturated heterocycles. The Kier molecular flexibility index (Phi) is 8.12. The lowest BCUT2D eigenvalue weighted by atomic mass is 10.0. The summed E-state index contributed by atoms with van der Waals surface area (Å²) in [4.78, 5) is 12.3. The predicted octanol–water partition coefficient (Wildman–Crippen LogP) is 5.42. The van der Waals surface area contributed by atoms with Crippen molar-refractivity contribution >= 4 is 23.4 Å². The molecule has 0 bridgehead atoms. The first-order chi connectivity index (χ1) is 15.0. The van der Waals surface area contributed by atoms with Crippen LogP contribution in [0.2, 0.25) is 0 Å². The minimum atomic E-state index is -0.0901. The molecule has 0 radical (unpaired) electrons. The highest BCUT2D eigenvalue weighted by Crippen LogP contribution is 2.25. The van der Waals surface area contributed by atoms with Gasteiger partial charge in [0.1, 0.15) is 5.75 Å². The maximum atomic E-state index is 12.3. The maximum Gasteiger partial charge on any atom is 0.277 e. The van der Waals surface area contributed by atoms with Crippen molar-refractivity contribution in [3.63, 3.8) is 0 Å². The first kappa shape index (κ1) is 22.9. The minimum absolute atomic E-state index is 0.0901. The number of aryl methyl sites for hydroxylation is 3. The smallest absolute Gasteiger partial charge is 0.277 e. The summed E-state index contributed by atoms with van der Waals surface area (Å²) in [6, 6.07) is 14.1. The number of benzene rings is 2. The minimum Gasteiger partial charge on any atom is -0.496 e. The molecule has 7 heteroatoms. The zero-order valence-corrected chi connectivity index (χ0v) is 19.3. The number of para-hydroxylation sites is 1. The van der Waals surface area contributed by atoms with E-state index in [9.17, 15) is 4.79 Å². The number of hydrogen-bond acceptors (Lipinski definition) is 6. The Morgan fingerprint density at radius 3 is 2.71 bits per heavy atom. The number of anilines is 1. The maximum absolute atomic E-state index is 12.3. The number of ether oxygens (including phenoxy) is 1. The third-order valence-electron chi connectivity index (χ3n) is 4.95. The largest absolute Gasteiger partial charge is 0.496 e. The molecule has 0 aliphatic rings. The van der Waals surface area contributed by atoms with Crippen LogP contribution >= 0.6 is 11.8 Å². The van der Waals surface area contributed by atoms with E-state index < -0.39 is 0 Å². The molecule has 6 nitrogen and oxygen atoms in total. The SMILES string of the molecule is COc1ccc(CCCc2nnc(SCC(=O)Nc3ccccc3C(C)C)o2)cc1C.